The van der Waals surface area contributed by atoms with Gasteiger partial charge >= 0.3 is 0 Å². The van der Waals surface area contributed by atoms with E-state index in [1.165, 1.54) is 30.3 Å². The minimum atomic E-state index is -4.52. The zero-order chi connectivity index (χ0) is 18.8. The lowest BCUT2D eigenvalue weighted by Gasteiger charge is -2.24. The van der Waals surface area contributed by atoms with Gasteiger partial charge in [0.2, 0.25) is 5.24 Å². The summed E-state index contributed by atoms with van der Waals surface area (Å²) in [5.41, 5.74) is -0.769. The van der Waals surface area contributed by atoms with Gasteiger partial charge in [-0.2, -0.15) is 0 Å². The fourth-order valence-electron chi connectivity index (χ4n) is 2.03. The van der Waals surface area contributed by atoms with Crippen molar-refractivity contribution in [3.63, 3.8) is 0 Å². The minimum absolute atomic E-state index is 0.0236. The number of carbonyl (C=O) groups excluding carboxylic acids is 1. The summed E-state index contributed by atoms with van der Waals surface area (Å²) in [6, 6.07) is 8.70. The molecule has 2 aromatic carbocycles. The third kappa shape index (κ3) is 4.21. The second-order valence-corrected chi connectivity index (χ2v) is 7.78. The van der Waals surface area contributed by atoms with Crippen LogP contribution < -0.4 is 4.31 Å². The van der Waals surface area contributed by atoms with Gasteiger partial charge in [0.05, 0.1) is 15.6 Å². The van der Waals surface area contributed by atoms with Crippen molar-refractivity contribution in [1.29, 1.82) is 0 Å². The monoisotopic (exact) mass is 422 g/mol. The largest absolute Gasteiger partial charge is 0.289 e. The van der Waals surface area contributed by atoms with E-state index >= 15 is 0 Å². The van der Waals surface area contributed by atoms with Crippen LogP contribution in [0.5, 0.6) is 0 Å². The van der Waals surface area contributed by atoms with Gasteiger partial charge < -0.3 is 0 Å². The topological polar surface area (TPSA) is 97.6 Å². The van der Waals surface area contributed by atoms with E-state index in [-0.39, 0.29) is 15.7 Å². The van der Waals surface area contributed by atoms with E-state index in [1.807, 2.05) is 0 Å². The highest BCUT2D eigenvalue weighted by molar-refractivity contribution is 7.93. The van der Waals surface area contributed by atoms with E-state index < -0.39 is 37.3 Å². The molecule has 11 heteroatoms. The van der Waals surface area contributed by atoms with Crippen molar-refractivity contribution in [3.05, 3.63) is 62.6 Å². The molecule has 0 fully saturated rings. The van der Waals surface area contributed by atoms with Gasteiger partial charge in [0.1, 0.15) is 6.54 Å². The Kier molecular flexibility index (Phi) is 5.89. The Bertz CT molecular complexity index is 949. The van der Waals surface area contributed by atoms with E-state index in [0.717, 1.165) is 12.1 Å². The van der Waals surface area contributed by atoms with Gasteiger partial charge in [-0.25, -0.2) is 8.42 Å². The summed E-state index contributed by atoms with van der Waals surface area (Å²) >= 11 is 17.2. The maximum absolute atomic E-state index is 13.0. The van der Waals surface area contributed by atoms with Crippen LogP contribution in [0.3, 0.4) is 0 Å². The lowest BCUT2D eigenvalue weighted by molar-refractivity contribution is -0.387. The van der Waals surface area contributed by atoms with Gasteiger partial charge in [-0.05, 0) is 35.9 Å². The number of halogens is 3. The fourth-order valence-corrected chi connectivity index (χ4v) is 4.25. The van der Waals surface area contributed by atoms with Gasteiger partial charge in [0.25, 0.3) is 15.7 Å². The summed E-state index contributed by atoms with van der Waals surface area (Å²) in [7, 11) is -4.52. The molecule has 0 radical (unpaired) electrons. The Labute approximate surface area is 157 Å². The van der Waals surface area contributed by atoms with Gasteiger partial charge in [-0.3, -0.25) is 19.2 Å². The molecule has 0 aliphatic heterocycles. The minimum Gasteiger partial charge on any atom is -0.279 e. The molecule has 0 atom stereocenters. The van der Waals surface area contributed by atoms with Gasteiger partial charge in [-0.1, -0.05) is 35.3 Å². The molecule has 0 unspecified atom stereocenters. The standard InChI is InChI=1S/C14H9Cl3N2O5S/c15-9-5-6-10(16)12(7-9)18(8-14(17)20)25(23,24)13-4-2-1-3-11(13)19(21)22/h1-7H,8H2. The first-order valence-corrected chi connectivity index (χ1v) is 9.11. The number of para-hydroxylation sites is 1. The normalized spacial score (nSPS) is 11.2. The molecule has 25 heavy (non-hydrogen) atoms. The molecule has 0 spiro atoms. The molecule has 0 bridgehead atoms. The first-order valence-electron chi connectivity index (χ1n) is 6.54. The number of nitro groups is 1. The summed E-state index contributed by atoms with van der Waals surface area (Å²) in [6.07, 6.45) is 0. The van der Waals surface area contributed by atoms with Crippen LogP contribution >= 0.6 is 34.8 Å². The van der Waals surface area contributed by atoms with Crippen molar-refractivity contribution in [2.45, 2.75) is 4.90 Å². The van der Waals surface area contributed by atoms with Gasteiger partial charge in [0, 0.05) is 11.1 Å². The summed E-state index contributed by atoms with van der Waals surface area (Å²) in [4.78, 5) is 21.1. The van der Waals surface area contributed by atoms with Crippen LogP contribution in [0.4, 0.5) is 11.4 Å². The Morgan fingerprint density at radius 2 is 1.80 bits per heavy atom. The Hall–Kier alpha value is -1.87. The molecule has 0 saturated carbocycles. The van der Waals surface area contributed by atoms with E-state index in [0.29, 0.717) is 4.31 Å². The highest BCUT2D eigenvalue weighted by Gasteiger charge is 2.33. The highest BCUT2D eigenvalue weighted by atomic mass is 35.5. The van der Waals surface area contributed by atoms with E-state index in [1.54, 1.807) is 0 Å². The van der Waals surface area contributed by atoms with Crippen LogP contribution in [0, 0.1) is 10.1 Å². The van der Waals surface area contributed by atoms with Crippen molar-refractivity contribution in [1.82, 2.24) is 0 Å². The van der Waals surface area contributed by atoms with Crippen molar-refractivity contribution in [2.75, 3.05) is 10.8 Å². The molecular formula is C14H9Cl3N2O5S. The van der Waals surface area contributed by atoms with Crippen molar-refractivity contribution in [3.8, 4) is 0 Å². The zero-order valence-corrected chi connectivity index (χ0v) is 15.3. The Morgan fingerprint density at radius 3 is 2.40 bits per heavy atom. The molecule has 0 aliphatic carbocycles. The van der Waals surface area contributed by atoms with Crippen LogP contribution in [-0.4, -0.2) is 25.1 Å². The summed E-state index contributed by atoms with van der Waals surface area (Å²) in [6.45, 7) is -0.782. The predicted molar refractivity (Wildman–Crippen MR) is 95.0 cm³/mol. The summed E-state index contributed by atoms with van der Waals surface area (Å²) < 4.78 is 26.5. The second-order valence-electron chi connectivity index (χ2n) is 4.69. The SMILES string of the molecule is O=C(Cl)CN(c1cc(Cl)ccc1Cl)S(=O)(=O)c1ccccc1[N+](=O)[O-]. The fraction of sp³-hybridized carbons (Fsp3) is 0.0714. The number of benzene rings is 2. The maximum atomic E-state index is 13.0. The Morgan fingerprint density at radius 1 is 1.16 bits per heavy atom. The summed E-state index contributed by atoms with van der Waals surface area (Å²) in [5.74, 6) is 0. The molecule has 2 rings (SSSR count). The number of hydrogen-bond acceptors (Lipinski definition) is 5. The average molecular weight is 424 g/mol. The van der Waals surface area contributed by atoms with Crippen molar-refractivity contribution < 1.29 is 18.1 Å². The molecule has 0 saturated heterocycles. The number of nitrogens with zero attached hydrogens (tertiary/aromatic N) is 2. The highest BCUT2D eigenvalue weighted by Crippen LogP contribution is 2.35. The van der Waals surface area contributed by atoms with Crippen LogP contribution in [0.25, 0.3) is 0 Å². The number of carbonyl (C=O) groups is 1. The molecular weight excluding hydrogens is 415 g/mol. The van der Waals surface area contributed by atoms with Crippen molar-refractivity contribution in [2.24, 2.45) is 0 Å². The lowest BCUT2D eigenvalue weighted by atomic mass is 10.3. The third-order valence-corrected chi connectivity index (χ3v) is 5.56. The molecule has 0 aromatic heterocycles. The second kappa shape index (κ2) is 7.57. The lowest BCUT2D eigenvalue weighted by Crippen LogP contribution is -2.35. The van der Waals surface area contributed by atoms with E-state index in [2.05, 4.69) is 0 Å². The number of rotatable bonds is 6. The maximum Gasteiger partial charge on any atom is 0.289 e. The molecule has 0 aliphatic rings. The zero-order valence-electron chi connectivity index (χ0n) is 12.2. The van der Waals surface area contributed by atoms with Gasteiger partial charge in [0.15, 0.2) is 4.90 Å². The van der Waals surface area contributed by atoms with Crippen LogP contribution in [-0.2, 0) is 14.8 Å². The smallest absolute Gasteiger partial charge is 0.279 e. The summed E-state index contributed by atoms with van der Waals surface area (Å²) in [5, 5.41) is 10.3. The number of hydrogen-bond donors (Lipinski definition) is 0. The number of sulfonamides is 1. The number of anilines is 1. The molecule has 0 amide bonds. The first-order chi connectivity index (χ1) is 11.6. The van der Waals surface area contributed by atoms with Gasteiger partial charge in [-0.15, -0.1) is 0 Å². The van der Waals surface area contributed by atoms with Crippen LogP contribution in [0.2, 0.25) is 10.0 Å². The van der Waals surface area contributed by atoms with E-state index in [9.17, 15) is 23.3 Å². The first kappa shape index (κ1) is 19.5. The molecule has 132 valence electrons. The predicted octanol–water partition coefficient (Wildman–Crippen LogP) is 3.86. The average Bonchev–Trinajstić information content (AvgIpc) is 2.54. The molecule has 2 aromatic rings. The molecule has 7 nitrogen and oxygen atoms in total. The quantitative estimate of drug-likeness (QED) is 0.399. The molecule has 0 N–H and O–H groups in total. The van der Waals surface area contributed by atoms with Crippen LogP contribution in [0.15, 0.2) is 47.4 Å². The third-order valence-electron chi connectivity index (χ3n) is 3.07. The van der Waals surface area contributed by atoms with Crippen LogP contribution in [0.1, 0.15) is 0 Å². The van der Waals surface area contributed by atoms with E-state index in [4.69, 9.17) is 34.8 Å². The Balaban J connectivity index is 2.72. The number of nitro benzene ring substituents is 1. The molecule has 0 heterocycles. The van der Waals surface area contributed by atoms with Crippen molar-refractivity contribution >= 4 is 61.4 Å².